The molecule has 2 amide bonds. The van der Waals surface area contributed by atoms with Crippen molar-refractivity contribution in [2.75, 3.05) is 13.2 Å². The van der Waals surface area contributed by atoms with Gasteiger partial charge in [0.15, 0.2) is 11.5 Å². The molecule has 1 fully saturated rings. The van der Waals surface area contributed by atoms with Gasteiger partial charge in [0.2, 0.25) is 0 Å². The van der Waals surface area contributed by atoms with Crippen molar-refractivity contribution in [3.05, 3.63) is 35.5 Å². The van der Waals surface area contributed by atoms with Crippen LogP contribution >= 0.6 is 11.3 Å². The van der Waals surface area contributed by atoms with Gasteiger partial charge in [-0.25, -0.2) is 4.79 Å². The lowest BCUT2D eigenvalue weighted by molar-refractivity contribution is 0.111. The van der Waals surface area contributed by atoms with E-state index in [4.69, 9.17) is 4.74 Å². The maximum absolute atomic E-state index is 11.9. The topological polar surface area (TPSA) is 93.4 Å². The van der Waals surface area contributed by atoms with Crippen LogP contribution in [0.2, 0.25) is 0 Å². The summed E-state index contributed by atoms with van der Waals surface area (Å²) in [5.41, 5.74) is 1.50. The van der Waals surface area contributed by atoms with Crippen LogP contribution in [0.4, 0.5) is 4.79 Å². The molecule has 1 aliphatic heterocycles. The third kappa shape index (κ3) is 3.62. The predicted octanol–water partition coefficient (Wildman–Crippen LogP) is 1.83. The molecule has 4 rings (SSSR count). The zero-order valence-corrected chi connectivity index (χ0v) is 14.3. The highest BCUT2D eigenvalue weighted by atomic mass is 32.1. The van der Waals surface area contributed by atoms with E-state index in [2.05, 4.69) is 25.9 Å². The van der Waals surface area contributed by atoms with E-state index in [1.165, 1.54) is 0 Å². The van der Waals surface area contributed by atoms with E-state index >= 15 is 0 Å². The summed E-state index contributed by atoms with van der Waals surface area (Å²) in [6, 6.07) is 7.54. The Hall–Kier alpha value is -2.52. The van der Waals surface area contributed by atoms with Crippen LogP contribution in [0.3, 0.4) is 0 Å². The lowest BCUT2D eigenvalue weighted by Gasteiger charge is -2.11. The quantitative estimate of drug-likeness (QED) is 0.726. The minimum atomic E-state index is -0.248. The summed E-state index contributed by atoms with van der Waals surface area (Å²) in [4.78, 5) is 13.0. The second-order valence-corrected chi connectivity index (χ2v) is 6.73. The Morgan fingerprint density at radius 3 is 3.08 bits per heavy atom. The van der Waals surface area contributed by atoms with E-state index in [0.29, 0.717) is 18.0 Å². The normalized spacial score (nSPS) is 17.0. The Morgan fingerprint density at radius 2 is 2.28 bits per heavy atom. The summed E-state index contributed by atoms with van der Waals surface area (Å²) >= 11 is 1.62. The summed E-state index contributed by atoms with van der Waals surface area (Å²) in [5.74, 6) is 0.584. The molecule has 0 saturated carbocycles. The van der Waals surface area contributed by atoms with Gasteiger partial charge in [0.25, 0.3) is 0 Å². The van der Waals surface area contributed by atoms with Crippen molar-refractivity contribution in [1.82, 2.24) is 30.4 Å². The third-order valence-corrected chi connectivity index (χ3v) is 4.91. The molecule has 8 nitrogen and oxygen atoms in total. The van der Waals surface area contributed by atoms with Crippen LogP contribution in [0.5, 0.6) is 0 Å². The Balaban J connectivity index is 1.40. The Morgan fingerprint density at radius 1 is 1.32 bits per heavy atom. The van der Waals surface area contributed by atoms with E-state index in [1.807, 2.05) is 29.6 Å². The summed E-state index contributed by atoms with van der Waals surface area (Å²) in [6.07, 6.45) is 2.16. The number of nitrogens with zero attached hydrogens (tertiary/aromatic N) is 4. The Bertz CT molecular complexity index is 857. The summed E-state index contributed by atoms with van der Waals surface area (Å²) < 4.78 is 7.14. The highest BCUT2D eigenvalue weighted by molar-refractivity contribution is 7.13. The molecule has 1 saturated heterocycles. The zero-order chi connectivity index (χ0) is 17.1. The van der Waals surface area contributed by atoms with Crippen molar-refractivity contribution in [3.8, 4) is 10.6 Å². The number of urea groups is 1. The molecular weight excluding hydrogens is 340 g/mol. The fourth-order valence-electron chi connectivity index (χ4n) is 2.73. The van der Waals surface area contributed by atoms with Crippen molar-refractivity contribution < 1.29 is 9.53 Å². The van der Waals surface area contributed by atoms with Crippen LogP contribution in [0.25, 0.3) is 16.2 Å². The van der Waals surface area contributed by atoms with Crippen LogP contribution in [0.1, 0.15) is 18.7 Å². The molecule has 0 bridgehead atoms. The molecule has 0 spiro atoms. The first kappa shape index (κ1) is 16.0. The number of thiophene rings is 1. The number of carbonyl (C=O) groups is 1. The van der Waals surface area contributed by atoms with Crippen molar-refractivity contribution in [2.24, 2.45) is 0 Å². The first-order valence-electron chi connectivity index (χ1n) is 8.18. The molecule has 0 radical (unpaired) electrons. The van der Waals surface area contributed by atoms with Gasteiger partial charge in [-0.2, -0.15) is 9.61 Å². The van der Waals surface area contributed by atoms with Gasteiger partial charge in [0, 0.05) is 13.2 Å². The highest BCUT2D eigenvalue weighted by Gasteiger charge is 2.16. The number of carbonyl (C=O) groups excluding carboxylic acids is 1. The second-order valence-electron chi connectivity index (χ2n) is 5.78. The van der Waals surface area contributed by atoms with Crippen LogP contribution in [-0.2, 0) is 11.3 Å². The standard InChI is InChI=1S/C16H18N6O2S/c23-16(17-9-11-3-1-7-24-11)18-10-15-20-19-14-6-5-12(21-22(14)15)13-4-2-8-25-13/h2,4-6,8,11H,1,3,7,9-10H2,(H2,17,18,23). The molecule has 2 N–H and O–H groups in total. The molecule has 0 aliphatic carbocycles. The fourth-order valence-corrected chi connectivity index (χ4v) is 3.42. The maximum Gasteiger partial charge on any atom is 0.315 e. The van der Waals surface area contributed by atoms with E-state index in [0.717, 1.165) is 30.0 Å². The fraction of sp³-hybridized carbons (Fsp3) is 0.375. The first-order valence-corrected chi connectivity index (χ1v) is 9.06. The number of fused-ring (bicyclic) bond motifs is 1. The number of nitrogens with one attached hydrogen (secondary N) is 2. The average molecular weight is 358 g/mol. The molecule has 25 heavy (non-hydrogen) atoms. The van der Waals surface area contributed by atoms with Crippen molar-refractivity contribution >= 4 is 23.0 Å². The second kappa shape index (κ2) is 7.16. The van der Waals surface area contributed by atoms with E-state index in [-0.39, 0.29) is 18.7 Å². The number of ether oxygens (including phenoxy) is 1. The number of rotatable bonds is 5. The van der Waals surface area contributed by atoms with Gasteiger partial charge in [-0.1, -0.05) is 6.07 Å². The van der Waals surface area contributed by atoms with Crippen LogP contribution in [0.15, 0.2) is 29.6 Å². The minimum Gasteiger partial charge on any atom is -0.376 e. The van der Waals surface area contributed by atoms with Gasteiger partial charge >= 0.3 is 6.03 Å². The molecule has 3 aromatic heterocycles. The van der Waals surface area contributed by atoms with Crippen LogP contribution < -0.4 is 10.6 Å². The SMILES string of the molecule is O=C(NCc1nnc2ccc(-c3cccs3)nn12)NCC1CCCO1. The predicted molar refractivity (Wildman–Crippen MR) is 93.3 cm³/mol. The molecule has 3 aromatic rings. The van der Waals surface area contributed by atoms with Gasteiger partial charge in [0.1, 0.15) is 5.69 Å². The van der Waals surface area contributed by atoms with Crippen LogP contribution in [0, 0.1) is 0 Å². The summed E-state index contributed by atoms with van der Waals surface area (Å²) in [6.45, 7) is 1.55. The Kier molecular flexibility index (Phi) is 4.57. The van der Waals surface area contributed by atoms with Crippen LogP contribution in [-0.4, -0.2) is 45.1 Å². The lowest BCUT2D eigenvalue weighted by atomic mass is 10.2. The average Bonchev–Trinajstić information content (AvgIpc) is 3.39. The molecule has 130 valence electrons. The van der Waals surface area contributed by atoms with Gasteiger partial charge < -0.3 is 15.4 Å². The molecular formula is C16H18N6O2S. The number of hydrogen-bond donors (Lipinski definition) is 2. The zero-order valence-electron chi connectivity index (χ0n) is 13.5. The van der Waals surface area contributed by atoms with Gasteiger partial charge in [0.05, 0.1) is 17.5 Å². The number of aromatic nitrogens is 4. The molecule has 1 aliphatic rings. The highest BCUT2D eigenvalue weighted by Crippen LogP contribution is 2.22. The number of amides is 2. The molecule has 1 unspecified atom stereocenters. The van der Waals surface area contributed by atoms with Gasteiger partial charge in [-0.15, -0.1) is 21.5 Å². The van der Waals surface area contributed by atoms with E-state index in [9.17, 15) is 4.79 Å². The van der Waals surface area contributed by atoms with Crippen molar-refractivity contribution in [3.63, 3.8) is 0 Å². The molecule has 4 heterocycles. The molecule has 0 aromatic carbocycles. The van der Waals surface area contributed by atoms with Gasteiger partial charge in [-0.05, 0) is 36.4 Å². The van der Waals surface area contributed by atoms with E-state index < -0.39 is 0 Å². The van der Waals surface area contributed by atoms with Crippen molar-refractivity contribution in [1.29, 1.82) is 0 Å². The largest absolute Gasteiger partial charge is 0.376 e. The molecule has 1 atom stereocenters. The third-order valence-electron chi connectivity index (χ3n) is 4.02. The van der Waals surface area contributed by atoms with Crippen molar-refractivity contribution in [2.45, 2.75) is 25.5 Å². The first-order chi connectivity index (χ1) is 12.3. The Labute approximate surface area is 148 Å². The maximum atomic E-state index is 11.9. The summed E-state index contributed by atoms with van der Waals surface area (Å²) in [7, 11) is 0. The number of hydrogen-bond acceptors (Lipinski definition) is 6. The van der Waals surface area contributed by atoms with Gasteiger partial charge in [-0.3, -0.25) is 0 Å². The minimum absolute atomic E-state index is 0.120. The molecule has 9 heteroatoms. The smallest absolute Gasteiger partial charge is 0.315 e. The monoisotopic (exact) mass is 358 g/mol. The summed E-state index contributed by atoms with van der Waals surface area (Å²) in [5, 5.41) is 20.4. The lowest BCUT2D eigenvalue weighted by Crippen LogP contribution is -2.39. The van der Waals surface area contributed by atoms with E-state index in [1.54, 1.807) is 15.9 Å².